The first-order valence-corrected chi connectivity index (χ1v) is 9.12. The lowest BCUT2D eigenvalue weighted by Crippen LogP contribution is -2.50. The summed E-state index contributed by atoms with van der Waals surface area (Å²) in [6, 6.07) is 8.01. The van der Waals surface area contributed by atoms with Gasteiger partial charge >= 0.3 is 8.80 Å². The van der Waals surface area contributed by atoms with Gasteiger partial charge in [0.2, 0.25) is 0 Å². The van der Waals surface area contributed by atoms with Gasteiger partial charge in [0.1, 0.15) is 0 Å². The highest BCUT2D eigenvalue weighted by atomic mass is 28.4. The molecule has 21 heavy (non-hydrogen) atoms. The Morgan fingerprint density at radius 2 is 1.43 bits per heavy atom. The highest BCUT2D eigenvalue weighted by Gasteiger charge is 2.42. The van der Waals surface area contributed by atoms with Crippen molar-refractivity contribution in [2.24, 2.45) is 0 Å². The summed E-state index contributed by atoms with van der Waals surface area (Å²) in [4.78, 5) is 10.8. The second-order valence-corrected chi connectivity index (χ2v) is 9.25. The summed E-state index contributed by atoms with van der Waals surface area (Å²) >= 11 is 0. The van der Waals surface area contributed by atoms with Crippen LogP contribution in [0.3, 0.4) is 0 Å². The molecule has 4 heteroatoms. The molecule has 0 aliphatic rings. The van der Waals surface area contributed by atoms with Crippen molar-refractivity contribution in [2.75, 3.05) is 0 Å². The quantitative estimate of drug-likeness (QED) is 0.851. The van der Waals surface area contributed by atoms with Crippen LogP contribution >= 0.6 is 0 Å². The van der Waals surface area contributed by atoms with Crippen LogP contribution in [0.1, 0.15) is 52.7 Å². The summed E-state index contributed by atoms with van der Waals surface area (Å²) in [6.45, 7) is 13.5. The maximum absolute atomic E-state index is 10.8. The second-order valence-electron chi connectivity index (χ2n) is 7.25. The van der Waals surface area contributed by atoms with Gasteiger partial charge in [-0.3, -0.25) is 0 Å². The molecule has 1 rings (SSSR count). The fraction of sp³-hybridized carbons (Fsp3) is 0.529. The molecule has 0 heterocycles. The summed E-state index contributed by atoms with van der Waals surface area (Å²) in [7, 11) is -3.41. The fourth-order valence-electron chi connectivity index (χ4n) is 1.94. The third kappa shape index (κ3) is 7.04. The summed E-state index contributed by atoms with van der Waals surface area (Å²) in [6.07, 6.45) is 1.89. The molecule has 1 N–H and O–H groups in total. The first-order chi connectivity index (χ1) is 9.40. The molecule has 0 bridgehead atoms. The van der Waals surface area contributed by atoms with Gasteiger partial charge < -0.3 is 13.6 Å². The highest BCUT2D eigenvalue weighted by Crippen LogP contribution is 2.23. The molecule has 0 saturated heterocycles. The zero-order valence-electron chi connectivity index (χ0n) is 14.2. The third-order valence-electron chi connectivity index (χ3n) is 2.57. The molecular weight excluding hydrogens is 280 g/mol. The van der Waals surface area contributed by atoms with Crippen LogP contribution in [0.5, 0.6) is 0 Å². The lowest BCUT2D eigenvalue weighted by molar-refractivity contribution is -0.0180. The molecule has 0 aliphatic carbocycles. The minimum Gasteiger partial charge on any atom is -0.387 e. The zero-order chi connectivity index (χ0) is 16.3. The Morgan fingerprint density at radius 1 is 0.952 bits per heavy atom. The van der Waals surface area contributed by atoms with E-state index in [4.69, 9.17) is 8.85 Å². The molecule has 0 amide bonds. The monoisotopic (exact) mass is 308 g/mol. The van der Waals surface area contributed by atoms with Crippen molar-refractivity contribution < 1.29 is 13.6 Å². The van der Waals surface area contributed by atoms with Crippen molar-refractivity contribution in [1.29, 1.82) is 0 Å². The molecule has 0 spiro atoms. The van der Waals surface area contributed by atoms with Crippen molar-refractivity contribution in [1.82, 2.24) is 0 Å². The number of benzene rings is 1. The summed E-state index contributed by atoms with van der Waals surface area (Å²) in [5.41, 5.74) is 2.96. The number of aryl methyl sites for hydroxylation is 1. The summed E-state index contributed by atoms with van der Waals surface area (Å²) < 4.78 is 11.7. The summed E-state index contributed by atoms with van der Waals surface area (Å²) in [5, 5.41) is 0. The van der Waals surface area contributed by atoms with Crippen LogP contribution in [-0.2, 0) is 8.85 Å². The van der Waals surface area contributed by atoms with Crippen LogP contribution in [0, 0.1) is 6.92 Å². The maximum Gasteiger partial charge on any atom is 0.527 e. The van der Waals surface area contributed by atoms with Crippen LogP contribution in [0.2, 0.25) is 0 Å². The Balaban J connectivity index is 3.05. The maximum atomic E-state index is 10.8. The van der Waals surface area contributed by atoms with E-state index in [0.29, 0.717) is 0 Å². The van der Waals surface area contributed by atoms with Gasteiger partial charge in [-0.15, -0.1) is 0 Å². The number of hydrogen-bond acceptors (Lipinski definition) is 3. The Hall–Kier alpha value is -0.943. The second kappa shape index (κ2) is 6.44. The smallest absolute Gasteiger partial charge is 0.387 e. The predicted octanol–water partition coefficient (Wildman–Crippen LogP) is 4.11. The van der Waals surface area contributed by atoms with Crippen LogP contribution < -0.4 is 0 Å². The van der Waals surface area contributed by atoms with Crippen LogP contribution in [0.4, 0.5) is 0 Å². The first kappa shape index (κ1) is 18.1. The average molecular weight is 308 g/mol. The predicted molar refractivity (Wildman–Crippen MR) is 89.9 cm³/mol. The third-order valence-corrected chi connectivity index (χ3v) is 4.96. The highest BCUT2D eigenvalue weighted by molar-refractivity contribution is 6.65. The molecule has 1 aromatic rings. The lowest BCUT2D eigenvalue weighted by atomic mass is 10.1. The van der Waals surface area contributed by atoms with Crippen LogP contribution in [-0.4, -0.2) is 24.8 Å². The van der Waals surface area contributed by atoms with Crippen molar-refractivity contribution in [3.63, 3.8) is 0 Å². The first-order valence-electron chi connectivity index (χ1n) is 7.28. The van der Waals surface area contributed by atoms with Gasteiger partial charge in [0, 0.05) is 0 Å². The van der Waals surface area contributed by atoms with Gasteiger partial charge in [-0.25, -0.2) is 0 Å². The lowest BCUT2D eigenvalue weighted by Gasteiger charge is -2.34. The molecule has 0 radical (unpaired) electrons. The molecule has 0 aliphatic heterocycles. The van der Waals surface area contributed by atoms with Gasteiger partial charge in [0.05, 0.1) is 11.2 Å². The van der Waals surface area contributed by atoms with Crippen LogP contribution in [0.15, 0.2) is 30.0 Å². The summed E-state index contributed by atoms with van der Waals surface area (Å²) in [5.74, 6) is 0. The number of hydrogen-bond donors (Lipinski definition) is 1. The van der Waals surface area contributed by atoms with E-state index < -0.39 is 20.0 Å². The van der Waals surface area contributed by atoms with Gasteiger partial charge in [-0.1, -0.05) is 30.3 Å². The minimum atomic E-state index is -3.41. The van der Waals surface area contributed by atoms with Gasteiger partial charge in [0.15, 0.2) is 0 Å². The van der Waals surface area contributed by atoms with Crippen molar-refractivity contribution in [2.45, 2.75) is 59.7 Å². The molecule has 0 aromatic heterocycles. The standard InChI is InChI=1S/C17H28O3Si/c1-14-10-8-9-11-15(14)12-13-21(18,19-16(2,3)4)20-17(5,6)7/h8-13,18H,1-7H3/b13-12+. The molecule has 0 unspecified atom stereocenters. The minimum absolute atomic E-state index is 0.470. The van der Waals surface area contributed by atoms with Gasteiger partial charge in [-0.05, 0) is 65.3 Å². The largest absolute Gasteiger partial charge is 0.527 e. The Kier molecular flexibility index (Phi) is 5.55. The molecule has 0 atom stereocenters. The van der Waals surface area contributed by atoms with Crippen molar-refractivity contribution in [3.05, 3.63) is 41.1 Å². The zero-order valence-corrected chi connectivity index (χ0v) is 15.2. The number of rotatable bonds is 4. The molecule has 0 fully saturated rings. The van der Waals surface area contributed by atoms with Crippen molar-refractivity contribution in [3.8, 4) is 0 Å². The Bertz CT molecular complexity index is 479. The van der Waals surface area contributed by atoms with Gasteiger partial charge in [0.25, 0.3) is 0 Å². The SMILES string of the molecule is Cc1ccccc1/C=C/[Si](O)(OC(C)(C)C)OC(C)(C)C. The van der Waals surface area contributed by atoms with Crippen LogP contribution in [0.25, 0.3) is 6.08 Å². The van der Waals surface area contributed by atoms with E-state index in [1.165, 1.54) is 0 Å². The fourth-order valence-corrected chi connectivity index (χ4v) is 4.26. The Morgan fingerprint density at radius 3 is 1.86 bits per heavy atom. The average Bonchev–Trinajstić information content (AvgIpc) is 2.22. The normalized spacial score (nSPS) is 13.9. The Labute approximate surface area is 130 Å². The van der Waals surface area contributed by atoms with E-state index in [9.17, 15) is 4.80 Å². The topological polar surface area (TPSA) is 38.7 Å². The molecule has 118 valence electrons. The molecule has 0 saturated carbocycles. The van der Waals surface area contributed by atoms with E-state index in [2.05, 4.69) is 0 Å². The molecular formula is C17H28O3Si. The molecule has 1 aromatic carbocycles. The van der Waals surface area contributed by atoms with E-state index in [1.54, 1.807) is 5.70 Å². The van der Waals surface area contributed by atoms with E-state index in [0.717, 1.165) is 11.1 Å². The van der Waals surface area contributed by atoms with E-state index in [1.807, 2.05) is 78.8 Å². The van der Waals surface area contributed by atoms with E-state index in [-0.39, 0.29) is 0 Å². The van der Waals surface area contributed by atoms with Crippen molar-refractivity contribution >= 4 is 14.9 Å². The van der Waals surface area contributed by atoms with E-state index >= 15 is 0 Å². The molecule has 3 nitrogen and oxygen atoms in total. The van der Waals surface area contributed by atoms with Gasteiger partial charge in [-0.2, -0.15) is 0 Å².